The molecule has 2 N–H and O–H groups in total. The summed E-state index contributed by atoms with van der Waals surface area (Å²) in [4.78, 5) is 17.2. The Hall–Kier alpha value is -2.84. The minimum Gasteiger partial charge on any atom is -0.326 e. The maximum atomic E-state index is 12.4. The van der Waals surface area contributed by atoms with Crippen LogP contribution >= 0.6 is 11.8 Å². The number of carbonyl (C=O) groups is 1. The van der Waals surface area contributed by atoms with Crippen LogP contribution in [0.4, 0.5) is 11.4 Å². The standard InChI is InChI=1S/C21H21N3O3S2/c1-16-4-8-19(9-5-16)28-14-12-21(25)23-17-6-10-20(11-7-17)29(26,27)24-18-3-2-13-22-15-18/h2-11,13,15,24H,12,14H2,1H3,(H,23,25). The zero-order valence-corrected chi connectivity index (χ0v) is 17.5. The summed E-state index contributed by atoms with van der Waals surface area (Å²) in [6.45, 7) is 2.04. The van der Waals surface area contributed by atoms with Gasteiger partial charge in [-0.05, 0) is 55.5 Å². The van der Waals surface area contributed by atoms with Crippen molar-refractivity contribution in [3.05, 3.63) is 78.6 Å². The number of sulfonamides is 1. The van der Waals surface area contributed by atoms with Crippen LogP contribution in [-0.4, -0.2) is 25.1 Å². The second-order valence-corrected chi connectivity index (χ2v) is 9.18. The first-order valence-electron chi connectivity index (χ1n) is 8.95. The van der Waals surface area contributed by atoms with E-state index in [1.165, 1.54) is 23.9 Å². The molecule has 0 aliphatic heterocycles. The maximum Gasteiger partial charge on any atom is 0.261 e. The fraction of sp³-hybridized carbons (Fsp3) is 0.143. The van der Waals surface area contributed by atoms with Crippen molar-refractivity contribution in [3.63, 3.8) is 0 Å². The largest absolute Gasteiger partial charge is 0.326 e. The molecule has 0 bridgehead atoms. The van der Waals surface area contributed by atoms with Crippen molar-refractivity contribution in [3.8, 4) is 0 Å². The molecule has 1 amide bonds. The highest BCUT2D eigenvalue weighted by Crippen LogP contribution is 2.20. The molecule has 0 radical (unpaired) electrons. The van der Waals surface area contributed by atoms with Gasteiger partial charge in [0.1, 0.15) is 0 Å². The molecule has 0 fully saturated rings. The van der Waals surface area contributed by atoms with Crippen LogP contribution in [0.1, 0.15) is 12.0 Å². The van der Waals surface area contributed by atoms with Crippen molar-refractivity contribution < 1.29 is 13.2 Å². The number of nitrogens with one attached hydrogen (secondary N) is 2. The number of thioether (sulfide) groups is 1. The minimum absolute atomic E-state index is 0.106. The molecule has 150 valence electrons. The van der Waals surface area contributed by atoms with Crippen LogP contribution in [0.25, 0.3) is 0 Å². The number of benzene rings is 2. The van der Waals surface area contributed by atoms with E-state index in [-0.39, 0.29) is 10.8 Å². The third kappa shape index (κ3) is 6.33. The predicted octanol–water partition coefficient (Wildman–Crippen LogP) is 4.31. The van der Waals surface area contributed by atoms with Gasteiger partial charge in [0, 0.05) is 29.0 Å². The van der Waals surface area contributed by atoms with Crippen LogP contribution in [0.2, 0.25) is 0 Å². The Labute approximate surface area is 174 Å². The molecule has 0 saturated carbocycles. The molecule has 29 heavy (non-hydrogen) atoms. The van der Waals surface area contributed by atoms with E-state index >= 15 is 0 Å². The van der Waals surface area contributed by atoms with Gasteiger partial charge in [0.25, 0.3) is 10.0 Å². The fourth-order valence-corrected chi connectivity index (χ4v) is 4.37. The topological polar surface area (TPSA) is 88.2 Å². The number of nitrogens with zero attached hydrogens (tertiary/aromatic N) is 1. The van der Waals surface area contributed by atoms with Gasteiger partial charge >= 0.3 is 0 Å². The summed E-state index contributed by atoms with van der Waals surface area (Å²) < 4.78 is 27.3. The van der Waals surface area contributed by atoms with E-state index in [1.54, 1.807) is 42.2 Å². The molecule has 0 atom stereocenters. The monoisotopic (exact) mass is 427 g/mol. The second kappa shape index (κ2) is 9.58. The van der Waals surface area contributed by atoms with Crippen molar-refractivity contribution in [1.82, 2.24) is 4.98 Å². The lowest BCUT2D eigenvalue weighted by atomic mass is 10.2. The first kappa shape index (κ1) is 20.9. The highest BCUT2D eigenvalue weighted by Gasteiger charge is 2.14. The van der Waals surface area contributed by atoms with Crippen molar-refractivity contribution in [2.24, 2.45) is 0 Å². The number of anilines is 2. The Bertz CT molecular complexity index is 1050. The molecule has 2 aromatic carbocycles. The van der Waals surface area contributed by atoms with E-state index in [0.29, 0.717) is 23.5 Å². The zero-order valence-electron chi connectivity index (χ0n) is 15.8. The van der Waals surface area contributed by atoms with Gasteiger partial charge in [-0.1, -0.05) is 17.7 Å². The summed E-state index contributed by atoms with van der Waals surface area (Å²) in [5.41, 5.74) is 2.14. The van der Waals surface area contributed by atoms with Crippen LogP contribution < -0.4 is 10.0 Å². The average Bonchev–Trinajstić information content (AvgIpc) is 2.70. The van der Waals surface area contributed by atoms with Gasteiger partial charge in [-0.3, -0.25) is 14.5 Å². The summed E-state index contributed by atoms with van der Waals surface area (Å²) in [6.07, 6.45) is 3.36. The number of amides is 1. The normalized spacial score (nSPS) is 11.1. The van der Waals surface area contributed by atoms with Gasteiger partial charge in [-0.15, -0.1) is 11.8 Å². The number of hydrogen-bond donors (Lipinski definition) is 2. The van der Waals surface area contributed by atoms with E-state index in [0.717, 1.165) is 4.90 Å². The second-order valence-electron chi connectivity index (χ2n) is 6.33. The number of hydrogen-bond acceptors (Lipinski definition) is 5. The van der Waals surface area contributed by atoms with Crippen molar-refractivity contribution >= 4 is 39.1 Å². The molecule has 3 aromatic rings. The summed E-state index contributed by atoms with van der Waals surface area (Å²) in [6, 6.07) is 17.5. The van der Waals surface area contributed by atoms with Gasteiger partial charge in [0.2, 0.25) is 5.91 Å². The third-order valence-electron chi connectivity index (χ3n) is 3.98. The number of aromatic nitrogens is 1. The van der Waals surface area contributed by atoms with E-state index in [4.69, 9.17) is 0 Å². The maximum absolute atomic E-state index is 12.4. The Morgan fingerprint density at radius 2 is 1.72 bits per heavy atom. The Morgan fingerprint density at radius 3 is 2.38 bits per heavy atom. The lowest BCUT2D eigenvalue weighted by Gasteiger charge is -2.09. The van der Waals surface area contributed by atoms with Crippen molar-refractivity contribution in [2.75, 3.05) is 15.8 Å². The van der Waals surface area contributed by atoms with E-state index in [1.807, 2.05) is 31.2 Å². The fourth-order valence-electron chi connectivity index (χ4n) is 2.47. The van der Waals surface area contributed by atoms with Crippen molar-refractivity contribution in [2.45, 2.75) is 23.1 Å². The molecule has 1 heterocycles. The molecule has 0 spiro atoms. The Morgan fingerprint density at radius 1 is 1.00 bits per heavy atom. The molecule has 8 heteroatoms. The number of rotatable bonds is 8. The quantitative estimate of drug-likeness (QED) is 0.523. The number of pyridine rings is 1. The van der Waals surface area contributed by atoms with Gasteiger partial charge in [-0.25, -0.2) is 8.42 Å². The zero-order chi connectivity index (χ0) is 20.7. The smallest absolute Gasteiger partial charge is 0.261 e. The molecule has 1 aromatic heterocycles. The van der Waals surface area contributed by atoms with Crippen molar-refractivity contribution in [1.29, 1.82) is 0 Å². The Kier molecular flexibility index (Phi) is 6.90. The highest BCUT2D eigenvalue weighted by molar-refractivity contribution is 7.99. The first-order valence-corrected chi connectivity index (χ1v) is 11.4. The highest BCUT2D eigenvalue weighted by atomic mass is 32.2. The summed E-state index contributed by atoms with van der Waals surface area (Å²) in [7, 11) is -3.71. The van der Waals surface area contributed by atoms with Crippen LogP contribution in [0.5, 0.6) is 0 Å². The first-order chi connectivity index (χ1) is 13.9. The molecule has 0 aliphatic carbocycles. The molecule has 6 nitrogen and oxygen atoms in total. The summed E-state index contributed by atoms with van der Waals surface area (Å²) in [5, 5.41) is 2.79. The van der Waals surface area contributed by atoms with Gasteiger partial charge < -0.3 is 5.32 Å². The molecular formula is C21H21N3O3S2. The average molecular weight is 428 g/mol. The van der Waals surface area contributed by atoms with E-state index in [9.17, 15) is 13.2 Å². The lowest BCUT2D eigenvalue weighted by molar-refractivity contribution is -0.115. The molecule has 3 rings (SSSR count). The molecule has 0 unspecified atom stereocenters. The van der Waals surface area contributed by atoms with Crippen LogP contribution in [0, 0.1) is 6.92 Å². The number of carbonyl (C=O) groups excluding carboxylic acids is 1. The van der Waals surface area contributed by atoms with Crippen LogP contribution in [0.3, 0.4) is 0 Å². The molecule has 0 saturated heterocycles. The molecular weight excluding hydrogens is 406 g/mol. The van der Waals surface area contributed by atoms with Gasteiger partial charge in [0.05, 0.1) is 16.8 Å². The number of aryl methyl sites for hydroxylation is 1. The van der Waals surface area contributed by atoms with Crippen LogP contribution in [-0.2, 0) is 14.8 Å². The van der Waals surface area contributed by atoms with E-state index in [2.05, 4.69) is 15.0 Å². The summed E-state index contributed by atoms with van der Waals surface area (Å²) >= 11 is 1.62. The van der Waals surface area contributed by atoms with Gasteiger partial charge in [-0.2, -0.15) is 0 Å². The molecule has 0 aliphatic rings. The van der Waals surface area contributed by atoms with Gasteiger partial charge in [0.15, 0.2) is 0 Å². The minimum atomic E-state index is -3.71. The predicted molar refractivity (Wildman–Crippen MR) is 117 cm³/mol. The third-order valence-corrected chi connectivity index (χ3v) is 6.39. The van der Waals surface area contributed by atoms with Crippen LogP contribution in [0.15, 0.2) is 82.8 Å². The van der Waals surface area contributed by atoms with E-state index < -0.39 is 10.0 Å². The summed E-state index contributed by atoms with van der Waals surface area (Å²) in [5.74, 6) is 0.546. The lowest BCUT2D eigenvalue weighted by Crippen LogP contribution is -2.14. The SMILES string of the molecule is Cc1ccc(SCCC(=O)Nc2ccc(S(=O)(=O)Nc3cccnc3)cc2)cc1. The Balaban J connectivity index is 1.51.